The Morgan fingerprint density at radius 1 is 1.33 bits per heavy atom. The van der Waals surface area contributed by atoms with Crippen LogP contribution in [0.3, 0.4) is 0 Å². The maximum atomic E-state index is 12.0. The molecule has 1 fully saturated rings. The first-order chi connectivity index (χ1) is 11.7. The van der Waals surface area contributed by atoms with E-state index in [4.69, 9.17) is 0 Å². The molecule has 0 unspecified atom stereocenters. The number of carbonyl (C=O) groups excluding carboxylic acids is 1. The van der Waals surface area contributed by atoms with Crippen molar-refractivity contribution in [2.75, 3.05) is 23.3 Å². The Morgan fingerprint density at radius 2 is 2.17 bits per heavy atom. The summed E-state index contributed by atoms with van der Waals surface area (Å²) in [7, 11) is 0. The lowest BCUT2D eigenvalue weighted by molar-refractivity contribution is 0.246. The molecule has 1 aliphatic rings. The molecule has 0 spiro atoms. The van der Waals surface area contributed by atoms with E-state index in [-0.39, 0.29) is 12.1 Å². The number of nitrogens with zero attached hydrogens (tertiary/aromatic N) is 4. The molecular weight excluding hydrogens is 304 g/mol. The summed E-state index contributed by atoms with van der Waals surface area (Å²) in [5.41, 5.74) is 1.75. The largest absolute Gasteiger partial charge is 0.356 e. The highest BCUT2D eigenvalue weighted by molar-refractivity contribution is 5.89. The molecule has 24 heavy (non-hydrogen) atoms. The molecule has 2 aromatic heterocycles. The van der Waals surface area contributed by atoms with Gasteiger partial charge in [-0.15, -0.1) is 0 Å². The van der Waals surface area contributed by atoms with Crippen LogP contribution >= 0.6 is 0 Å². The van der Waals surface area contributed by atoms with E-state index in [9.17, 15) is 4.79 Å². The minimum absolute atomic E-state index is 0.172. The summed E-state index contributed by atoms with van der Waals surface area (Å²) in [4.78, 5) is 26.9. The lowest BCUT2D eigenvalue weighted by atomic mass is 10.1. The second-order valence-electron chi connectivity index (χ2n) is 5.82. The van der Waals surface area contributed by atoms with Crippen molar-refractivity contribution in [1.82, 2.24) is 20.3 Å². The van der Waals surface area contributed by atoms with Crippen LogP contribution in [-0.2, 0) is 6.42 Å². The number of pyridine rings is 1. The summed E-state index contributed by atoms with van der Waals surface area (Å²) in [6, 6.07) is 5.64. The number of hydrogen-bond acceptors (Lipinski definition) is 5. The fraction of sp³-hybridized carbons (Fsp3) is 0.412. The van der Waals surface area contributed by atoms with Gasteiger partial charge in [-0.3, -0.25) is 4.98 Å². The van der Waals surface area contributed by atoms with Crippen LogP contribution in [0.4, 0.5) is 16.3 Å². The third kappa shape index (κ3) is 4.18. The van der Waals surface area contributed by atoms with E-state index in [2.05, 4.69) is 37.4 Å². The van der Waals surface area contributed by atoms with Gasteiger partial charge in [-0.2, -0.15) is 0 Å². The minimum Gasteiger partial charge on any atom is -0.356 e. The highest BCUT2D eigenvalue weighted by Gasteiger charge is 2.21. The predicted octanol–water partition coefficient (Wildman–Crippen LogP) is 2.22. The van der Waals surface area contributed by atoms with Crippen molar-refractivity contribution < 1.29 is 4.79 Å². The average molecular weight is 326 g/mol. The number of amides is 2. The van der Waals surface area contributed by atoms with Gasteiger partial charge < -0.3 is 15.5 Å². The van der Waals surface area contributed by atoms with Gasteiger partial charge >= 0.3 is 6.03 Å². The summed E-state index contributed by atoms with van der Waals surface area (Å²) in [6.45, 7) is 3.83. The van der Waals surface area contributed by atoms with E-state index in [0.29, 0.717) is 5.69 Å². The molecule has 2 aromatic rings. The van der Waals surface area contributed by atoms with Crippen LogP contribution in [0.2, 0.25) is 0 Å². The number of nitrogens with one attached hydrogen (secondary N) is 2. The standard InChI is InChI=1S/C17H22N6O/c1-2-13-10-16(20-12-19-13)23-8-5-14(6-9-23)21-17(24)22-15-4-3-7-18-11-15/h3-4,7,10-12,14H,2,5-6,8-9H2,1H3,(H2,21,22,24). The molecule has 3 rings (SSSR count). The molecule has 3 heterocycles. The van der Waals surface area contributed by atoms with Crippen LogP contribution in [0.1, 0.15) is 25.5 Å². The molecule has 126 valence electrons. The maximum absolute atomic E-state index is 12.0. The van der Waals surface area contributed by atoms with Crippen LogP contribution in [-0.4, -0.2) is 40.1 Å². The van der Waals surface area contributed by atoms with E-state index in [0.717, 1.165) is 43.9 Å². The van der Waals surface area contributed by atoms with Gasteiger partial charge in [0.25, 0.3) is 0 Å². The first-order valence-electron chi connectivity index (χ1n) is 8.28. The number of carbonyl (C=O) groups is 1. The van der Waals surface area contributed by atoms with Crippen LogP contribution in [0, 0.1) is 0 Å². The molecule has 0 saturated carbocycles. The molecule has 2 amide bonds. The Balaban J connectivity index is 1.49. The molecule has 0 radical (unpaired) electrons. The van der Waals surface area contributed by atoms with E-state index in [1.54, 1.807) is 24.8 Å². The highest BCUT2D eigenvalue weighted by atomic mass is 16.2. The number of anilines is 2. The maximum Gasteiger partial charge on any atom is 0.319 e. The second-order valence-corrected chi connectivity index (χ2v) is 5.82. The first-order valence-corrected chi connectivity index (χ1v) is 8.28. The zero-order valence-electron chi connectivity index (χ0n) is 13.8. The minimum atomic E-state index is -0.184. The zero-order valence-corrected chi connectivity index (χ0v) is 13.8. The molecule has 7 nitrogen and oxygen atoms in total. The Hall–Kier alpha value is -2.70. The second kappa shape index (κ2) is 7.72. The lowest BCUT2D eigenvalue weighted by Gasteiger charge is -2.33. The van der Waals surface area contributed by atoms with E-state index in [1.165, 1.54) is 0 Å². The molecule has 0 atom stereocenters. The van der Waals surface area contributed by atoms with Gasteiger partial charge in [0.15, 0.2) is 0 Å². The summed E-state index contributed by atoms with van der Waals surface area (Å²) in [5.74, 6) is 0.972. The van der Waals surface area contributed by atoms with Gasteiger partial charge in [-0.1, -0.05) is 6.92 Å². The smallest absolute Gasteiger partial charge is 0.319 e. The van der Waals surface area contributed by atoms with Crippen molar-refractivity contribution in [3.05, 3.63) is 42.6 Å². The number of aryl methyl sites for hydroxylation is 1. The Labute approximate surface area is 141 Å². The molecular formula is C17H22N6O. The fourth-order valence-electron chi connectivity index (χ4n) is 2.79. The van der Waals surface area contributed by atoms with Crippen molar-refractivity contribution >= 4 is 17.5 Å². The number of piperidine rings is 1. The van der Waals surface area contributed by atoms with Gasteiger partial charge in [-0.05, 0) is 31.4 Å². The molecule has 7 heteroatoms. The molecule has 2 N–H and O–H groups in total. The van der Waals surface area contributed by atoms with Crippen molar-refractivity contribution in [3.8, 4) is 0 Å². The van der Waals surface area contributed by atoms with Crippen LogP contribution < -0.4 is 15.5 Å². The van der Waals surface area contributed by atoms with E-state index < -0.39 is 0 Å². The molecule has 0 aromatic carbocycles. The predicted molar refractivity (Wildman–Crippen MR) is 93.0 cm³/mol. The van der Waals surface area contributed by atoms with Gasteiger partial charge in [0.1, 0.15) is 12.1 Å². The number of aromatic nitrogens is 3. The van der Waals surface area contributed by atoms with Gasteiger partial charge in [-0.25, -0.2) is 14.8 Å². The molecule has 0 bridgehead atoms. The normalized spacial score (nSPS) is 15.1. The summed E-state index contributed by atoms with van der Waals surface area (Å²) in [6.07, 6.45) is 7.62. The van der Waals surface area contributed by atoms with Crippen molar-refractivity contribution in [3.63, 3.8) is 0 Å². The molecule has 0 aliphatic carbocycles. The van der Waals surface area contributed by atoms with Gasteiger partial charge in [0.2, 0.25) is 0 Å². The third-order valence-electron chi connectivity index (χ3n) is 4.15. The first kappa shape index (κ1) is 16.2. The summed E-state index contributed by atoms with van der Waals surface area (Å²) < 4.78 is 0. The van der Waals surface area contributed by atoms with E-state index >= 15 is 0 Å². The Kier molecular flexibility index (Phi) is 5.20. The Morgan fingerprint density at radius 3 is 2.88 bits per heavy atom. The zero-order chi connectivity index (χ0) is 16.8. The van der Waals surface area contributed by atoms with Crippen LogP contribution in [0.5, 0.6) is 0 Å². The summed E-state index contributed by atoms with van der Waals surface area (Å²) >= 11 is 0. The topological polar surface area (TPSA) is 83.0 Å². The number of rotatable bonds is 4. The summed E-state index contributed by atoms with van der Waals surface area (Å²) in [5, 5.41) is 5.83. The van der Waals surface area contributed by atoms with Crippen LogP contribution in [0.25, 0.3) is 0 Å². The fourth-order valence-corrected chi connectivity index (χ4v) is 2.79. The van der Waals surface area contributed by atoms with E-state index in [1.807, 2.05) is 12.1 Å². The quantitative estimate of drug-likeness (QED) is 0.900. The van der Waals surface area contributed by atoms with Gasteiger partial charge in [0, 0.05) is 37.1 Å². The highest BCUT2D eigenvalue weighted by Crippen LogP contribution is 2.18. The van der Waals surface area contributed by atoms with Crippen molar-refractivity contribution in [2.24, 2.45) is 0 Å². The SMILES string of the molecule is CCc1cc(N2CCC(NC(=O)Nc3cccnc3)CC2)ncn1. The Bertz CT molecular complexity index is 670. The van der Waals surface area contributed by atoms with Gasteiger partial charge in [0.05, 0.1) is 11.9 Å². The number of hydrogen-bond donors (Lipinski definition) is 2. The lowest BCUT2D eigenvalue weighted by Crippen LogP contribution is -2.46. The average Bonchev–Trinajstić information content (AvgIpc) is 2.63. The van der Waals surface area contributed by atoms with Crippen LogP contribution in [0.15, 0.2) is 36.9 Å². The van der Waals surface area contributed by atoms with Crippen molar-refractivity contribution in [1.29, 1.82) is 0 Å². The number of urea groups is 1. The molecule has 1 aliphatic heterocycles. The molecule has 1 saturated heterocycles. The van der Waals surface area contributed by atoms with Crippen molar-refractivity contribution in [2.45, 2.75) is 32.2 Å². The monoisotopic (exact) mass is 326 g/mol. The third-order valence-corrected chi connectivity index (χ3v) is 4.15.